The SMILES string of the molecule is COc1cc2c(c3c1cc(C)n3Cc1ccc(F)cc1)CCC2.COc1cc2c(c3c1cc(CO)n3Cc1ccc(F)cc1)CCC2. The van der Waals surface area contributed by atoms with Gasteiger partial charge in [-0.25, -0.2) is 8.78 Å². The van der Waals surface area contributed by atoms with Crippen molar-refractivity contribution in [1.29, 1.82) is 0 Å². The second-order valence-corrected chi connectivity index (χ2v) is 12.7. The van der Waals surface area contributed by atoms with Crippen LogP contribution in [-0.2, 0) is 45.4 Å². The van der Waals surface area contributed by atoms with Gasteiger partial charge in [-0.15, -0.1) is 0 Å². The lowest BCUT2D eigenvalue weighted by atomic mass is 10.1. The molecular weight excluding hydrogens is 594 g/mol. The highest BCUT2D eigenvalue weighted by molar-refractivity contribution is 5.92. The van der Waals surface area contributed by atoms with Crippen molar-refractivity contribution in [1.82, 2.24) is 9.13 Å². The van der Waals surface area contributed by atoms with Gasteiger partial charge in [0.1, 0.15) is 23.1 Å². The van der Waals surface area contributed by atoms with Gasteiger partial charge >= 0.3 is 0 Å². The van der Waals surface area contributed by atoms with Crippen LogP contribution in [0.5, 0.6) is 11.5 Å². The van der Waals surface area contributed by atoms with E-state index in [2.05, 4.69) is 34.3 Å². The standard InChI is InChI=1S/C20H20FNO2.C20H20FNO/c1-24-19-9-14-3-2-4-17(14)20-18(19)10-16(12-23)22(20)11-13-5-7-15(21)8-6-13;1-13-10-18-19(23-2)11-15-4-3-5-17(15)20(18)22(13)12-14-6-8-16(21)9-7-14/h5-10,23H,2-4,11-12H2,1H3;6-11H,3-5,12H2,1-2H3. The summed E-state index contributed by atoms with van der Waals surface area (Å²) in [6.07, 6.45) is 6.73. The number of rotatable bonds is 7. The Morgan fingerprint density at radius 2 is 1.11 bits per heavy atom. The first-order valence-electron chi connectivity index (χ1n) is 16.4. The third-order valence-corrected chi connectivity index (χ3v) is 9.83. The zero-order valence-corrected chi connectivity index (χ0v) is 27.2. The van der Waals surface area contributed by atoms with E-state index in [4.69, 9.17) is 9.47 Å². The third-order valence-electron chi connectivity index (χ3n) is 9.83. The number of nitrogens with zero attached hydrogens (tertiary/aromatic N) is 2. The molecule has 47 heavy (non-hydrogen) atoms. The van der Waals surface area contributed by atoms with Gasteiger partial charge in [-0.05, 0) is 127 Å². The van der Waals surface area contributed by atoms with Crippen molar-refractivity contribution in [2.24, 2.45) is 0 Å². The molecule has 242 valence electrons. The average Bonchev–Trinajstić information content (AvgIpc) is 3.88. The number of fused-ring (bicyclic) bond motifs is 6. The molecule has 2 aromatic heterocycles. The summed E-state index contributed by atoms with van der Waals surface area (Å²) in [5.41, 5.74) is 12.2. The van der Waals surface area contributed by atoms with E-state index < -0.39 is 0 Å². The van der Waals surface area contributed by atoms with Crippen LogP contribution in [0.15, 0.2) is 72.8 Å². The minimum absolute atomic E-state index is 0.0339. The van der Waals surface area contributed by atoms with Crippen molar-refractivity contribution in [3.8, 4) is 11.5 Å². The number of aryl methyl sites for hydroxylation is 5. The zero-order chi connectivity index (χ0) is 32.7. The first kappa shape index (κ1) is 31.0. The molecule has 0 saturated carbocycles. The van der Waals surface area contributed by atoms with Crippen molar-refractivity contribution in [3.63, 3.8) is 0 Å². The van der Waals surface area contributed by atoms with Gasteiger partial charge in [-0.2, -0.15) is 0 Å². The van der Waals surface area contributed by atoms with Crippen LogP contribution in [-0.4, -0.2) is 28.5 Å². The Morgan fingerprint density at radius 3 is 1.60 bits per heavy atom. The van der Waals surface area contributed by atoms with E-state index in [0.29, 0.717) is 6.54 Å². The lowest BCUT2D eigenvalue weighted by Crippen LogP contribution is -2.06. The molecule has 0 saturated heterocycles. The summed E-state index contributed by atoms with van der Waals surface area (Å²) in [6, 6.07) is 21.9. The van der Waals surface area contributed by atoms with E-state index in [9.17, 15) is 13.9 Å². The third kappa shape index (κ3) is 5.78. The molecule has 1 N–H and O–H groups in total. The Balaban J connectivity index is 0.000000150. The Bertz CT molecular complexity index is 2070. The Hall–Kier alpha value is -4.62. The summed E-state index contributed by atoms with van der Waals surface area (Å²) < 4.78 is 42.0. The monoisotopic (exact) mass is 634 g/mol. The Labute approximate surface area is 274 Å². The molecule has 0 spiro atoms. The molecule has 5 nitrogen and oxygen atoms in total. The number of aromatic nitrogens is 2. The lowest BCUT2D eigenvalue weighted by Gasteiger charge is -2.14. The van der Waals surface area contributed by atoms with Crippen molar-refractivity contribution in [2.75, 3.05) is 14.2 Å². The molecule has 7 heteroatoms. The highest BCUT2D eigenvalue weighted by Crippen LogP contribution is 2.40. The van der Waals surface area contributed by atoms with Crippen LogP contribution in [0.1, 0.15) is 57.6 Å². The zero-order valence-electron chi connectivity index (χ0n) is 27.2. The molecule has 6 aromatic rings. The normalized spacial score (nSPS) is 13.5. The van der Waals surface area contributed by atoms with Crippen LogP contribution < -0.4 is 9.47 Å². The number of ether oxygens (including phenoxy) is 2. The number of hydrogen-bond acceptors (Lipinski definition) is 3. The number of aliphatic hydroxyl groups excluding tert-OH is 1. The van der Waals surface area contributed by atoms with E-state index in [0.717, 1.165) is 77.9 Å². The number of methoxy groups -OCH3 is 2. The van der Waals surface area contributed by atoms with Gasteiger partial charge in [-0.3, -0.25) is 0 Å². The summed E-state index contributed by atoms with van der Waals surface area (Å²) in [5, 5.41) is 12.1. The molecule has 4 aromatic carbocycles. The molecule has 8 rings (SSSR count). The van der Waals surface area contributed by atoms with Crippen molar-refractivity contribution in [3.05, 3.63) is 129 Å². The average molecular weight is 635 g/mol. The van der Waals surface area contributed by atoms with Gasteiger partial charge in [0.2, 0.25) is 0 Å². The molecule has 0 fully saturated rings. The predicted molar refractivity (Wildman–Crippen MR) is 183 cm³/mol. The first-order chi connectivity index (χ1) is 22.9. The Kier molecular flexibility index (Phi) is 8.50. The largest absolute Gasteiger partial charge is 0.496 e. The summed E-state index contributed by atoms with van der Waals surface area (Å²) >= 11 is 0. The van der Waals surface area contributed by atoms with Crippen LogP contribution in [0, 0.1) is 18.6 Å². The molecular formula is C40H40F2N2O3. The van der Waals surface area contributed by atoms with E-state index in [1.165, 1.54) is 69.5 Å². The molecule has 2 aliphatic rings. The Morgan fingerprint density at radius 1 is 0.638 bits per heavy atom. The van der Waals surface area contributed by atoms with Crippen molar-refractivity contribution in [2.45, 2.75) is 65.1 Å². The molecule has 0 aliphatic heterocycles. The molecule has 0 bridgehead atoms. The lowest BCUT2D eigenvalue weighted by molar-refractivity contribution is 0.272. The van der Waals surface area contributed by atoms with Gasteiger partial charge < -0.3 is 23.7 Å². The van der Waals surface area contributed by atoms with Crippen LogP contribution in [0.25, 0.3) is 21.8 Å². The molecule has 0 unspecified atom stereocenters. The second kappa shape index (κ2) is 12.9. The molecule has 0 amide bonds. The van der Waals surface area contributed by atoms with Gasteiger partial charge in [-0.1, -0.05) is 24.3 Å². The minimum atomic E-state index is -0.235. The number of benzene rings is 4. The van der Waals surface area contributed by atoms with Crippen molar-refractivity contribution < 1.29 is 23.4 Å². The summed E-state index contributed by atoms with van der Waals surface area (Å²) in [7, 11) is 3.43. The number of aliphatic hydroxyl groups is 1. The summed E-state index contributed by atoms with van der Waals surface area (Å²) in [5.74, 6) is 1.39. The molecule has 0 radical (unpaired) electrons. The summed E-state index contributed by atoms with van der Waals surface area (Å²) in [4.78, 5) is 0. The van der Waals surface area contributed by atoms with Gasteiger partial charge in [0.25, 0.3) is 0 Å². The van der Waals surface area contributed by atoms with Crippen LogP contribution in [0.4, 0.5) is 8.78 Å². The minimum Gasteiger partial charge on any atom is -0.496 e. The first-order valence-corrected chi connectivity index (χ1v) is 16.4. The van der Waals surface area contributed by atoms with E-state index >= 15 is 0 Å². The maximum Gasteiger partial charge on any atom is 0.128 e. The van der Waals surface area contributed by atoms with E-state index in [1.54, 1.807) is 26.4 Å². The maximum absolute atomic E-state index is 13.2. The highest BCUT2D eigenvalue weighted by atomic mass is 19.1. The van der Waals surface area contributed by atoms with Gasteiger partial charge in [0, 0.05) is 35.2 Å². The van der Waals surface area contributed by atoms with Crippen LogP contribution in [0.2, 0.25) is 0 Å². The highest BCUT2D eigenvalue weighted by Gasteiger charge is 2.23. The number of hydrogen-bond donors (Lipinski definition) is 1. The number of halogens is 2. The van der Waals surface area contributed by atoms with Gasteiger partial charge in [0.05, 0.1) is 31.9 Å². The molecule has 2 aliphatic carbocycles. The summed E-state index contributed by atoms with van der Waals surface area (Å²) in [6.45, 7) is 3.46. The molecule has 0 atom stereocenters. The second-order valence-electron chi connectivity index (χ2n) is 12.7. The van der Waals surface area contributed by atoms with E-state index in [1.807, 2.05) is 18.2 Å². The van der Waals surface area contributed by atoms with Gasteiger partial charge in [0.15, 0.2) is 0 Å². The quantitative estimate of drug-likeness (QED) is 0.192. The smallest absolute Gasteiger partial charge is 0.128 e. The maximum atomic E-state index is 13.2. The fraction of sp³-hybridized carbons (Fsp3) is 0.300. The predicted octanol–water partition coefficient (Wildman–Crippen LogP) is 8.45. The van der Waals surface area contributed by atoms with Crippen molar-refractivity contribution >= 4 is 21.8 Å². The topological polar surface area (TPSA) is 48.6 Å². The van der Waals surface area contributed by atoms with E-state index in [-0.39, 0.29) is 18.2 Å². The fourth-order valence-electron chi connectivity index (χ4n) is 7.57. The fourth-order valence-corrected chi connectivity index (χ4v) is 7.57. The molecule has 2 heterocycles. The van der Waals surface area contributed by atoms with Crippen LogP contribution in [0.3, 0.4) is 0 Å². The van der Waals surface area contributed by atoms with Crippen LogP contribution >= 0.6 is 0 Å².